The maximum absolute atomic E-state index is 13.6. The van der Waals surface area contributed by atoms with E-state index in [4.69, 9.17) is 57.9 Å². The van der Waals surface area contributed by atoms with Gasteiger partial charge < -0.3 is 62.9 Å². The predicted molar refractivity (Wildman–Crippen MR) is 259 cm³/mol. The summed E-state index contributed by atoms with van der Waals surface area (Å²) in [5.74, 6) is -9.05. The molecule has 0 amide bonds. The van der Waals surface area contributed by atoms with Crippen molar-refractivity contribution in [1.82, 2.24) is 9.96 Å². The summed E-state index contributed by atoms with van der Waals surface area (Å²) < 4.78 is 113. The molecule has 0 fully saturated rings. The molecule has 3 aromatic rings. The van der Waals surface area contributed by atoms with Gasteiger partial charge in [-0.15, -0.1) is 11.3 Å². The highest BCUT2D eigenvalue weighted by atomic mass is 32.1. The van der Waals surface area contributed by atoms with Crippen LogP contribution < -0.4 is 10.5 Å². The van der Waals surface area contributed by atoms with Crippen LogP contribution in [0.2, 0.25) is 0 Å². The second-order valence-electron chi connectivity index (χ2n) is 15.7. The molecule has 18 nitrogen and oxygen atoms in total. The second kappa shape index (κ2) is 36.8. The zero-order valence-electron chi connectivity index (χ0n) is 41.2. The maximum Gasteiger partial charge on any atom is 0.313 e. The number of nitrogens with two attached hydrogens (primary N) is 1. The van der Waals surface area contributed by atoms with E-state index in [9.17, 15) is 27.5 Å². The second-order valence-corrected chi connectivity index (χ2v) is 16.7. The fourth-order valence-electron chi connectivity index (χ4n) is 6.44. The molecule has 3 N–H and O–H groups in total. The van der Waals surface area contributed by atoms with Gasteiger partial charge in [0, 0.05) is 25.6 Å². The summed E-state index contributed by atoms with van der Waals surface area (Å²) in [6, 6.07) is 10.2. The Kier molecular flexibility index (Phi) is 31.0. The molecule has 23 heteroatoms. The van der Waals surface area contributed by atoms with E-state index in [1.165, 1.54) is 5.56 Å². The van der Waals surface area contributed by atoms with Gasteiger partial charge in [0.2, 0.25) is 17.4 Å². The quantitative estimate of drug-likeness (QED) is 0.0138. The number of aliphatic hydroxyl groups is 1. The minimum atomic E-state index is -1.80. The van der Waals surface area contributed by atoms with Gasteiger partial charge in [0.1, 0.15) is 5.84 Å². The van der Waals surface area contributed by atoms with Crippen LogP contribution in [-0.2, 0) is 70.1 Å². The largest absolute Gasteiger partial charge is 0.420 e. The molecule has 4 rings (SSSR count). The van der Waals surface area contributed by atoms with Crippen LogP contribution in [-0.4, -0.2) is 185 Å². The van der Waals surface area contributed by atoms with Crippen molar-refractivity contribution in [2.75, 3.05) is 152 Å². The van der Waals surface area contributed by atoms with Crippen LogP contribution in [0.3, 0.4) is 0 Å². The van der Waals surface area contributed by atoms with E-state index in [0.717, 1.165) is 34.8 Å². The number of halogens is 4. The average molecular weight is 1050 g/mol. The van der Waals surface area contributed by atoms with Crippen LogP contribution in [0.5, 0.6) is 5.75 Å². The normalized spacial score (nSPS) is 13.1. The molecule has 0 saturated heterocycles. The zero-order chi connectivity index (χ0) is 51.6. The first-order valence-electron chi connectivity index (χ1n) is 23.8. The molecule has 1 aromatic heterocycles. The standard InChI is InChI=1S/C49H70F4N4O14S/c1-3-70-57(49(59)39-32-43-42(9-31-72-43)55-44(54)33-39)36-38-6-4-37(5-7-38)35-56(2)10-12-61-14-16-63-18-20-65-22-24-67-26-28-69-30-29-68-27-25-66-23-21-64-19-17-62-15-13-60-11-8-45(58)71-48-46(52)40(50)34-41(51)47(48)53/h4-7,9,31-32,34,49,59H,3,8,10-30,33,35-36H2,1-2H3,(H2,54,55). The van der Waals surface area contributed by atoms with Crippen molar-refractivity contribution in [3.63, 3.8) is 0 Å². The lowest BCUT2D eigenvalue weighted by atomic mass is 10.1. The van der Waals surface area contributed by atoms with Crippen LogP contribution in [0.25, 0.3) is 6.08 Å². The number of hydrogen-bond donors (Lipinski definition) is 2. The number of hydrogen-bond acceptors (Lipinski definition) is 19. The van der Waals surface area contributed by atoms with Crippen molar-refractivity contribution >= 4 is 34.9 Å². The number of likely N-dealkylation sites (N-methyl/N-ethyl adjacent to an activating group) is 1. The molecular weight excluding hydrogens is 977 g/mol. The number of rotatable bonds is 42. The number of esters is 1. The number of carbonyl (C=O) groups is 1. The van der Waals surface area contributed by atoms with E-state index < -0.39 is 47.6 Å². The lowest BCUT2D eigenvalue weighted by Crippen LogP contribution is -2.37. The number of aliphatic hydroxyl groups excluding tert-OH is 1. The number of carbonyl (C=O) groups excluding carboxylic acids is 1. The smallest absolute Gasteiger partial charge is 0.313 e. The molecule has 0 bridgehead atoms. The third-order valence-electron chi connectivity index (χ3n) is 10.1. The number of amidine groups is 1. The molecule has 0 saturated carbocycles. The minimum absolute atomic E-state index is 0.0179. The van der Waals surface area contributed by atoms with Crippen LogP contribution in [0.15, 0.2) is 52.3 Å². The highest BCUT2D eigenvalue weighted by Gasteiger charge is 2.25. The lowest BCUT2D eigenvalue weighted by Gasteiger charge is -2.28. The van der Waals surface area contributed by atoms with Gasteiger partial charge in [0.25, 0.3) is 0 Å². The van der Waals surface area contributed by atoms with Gasteiger partial charge in [0.05, 0.1) is 162 Å². The van der Waals surface area contributed by atoms with E-state index in [2.05, 4.69) is 45.9 Å². The molecule has 1 unspecified atom stereocenters. The minimum Gasteiger partial charge on any atom is -0.420 e. The third-order valence-corrected chi connectivity index (χ3v) is 10.9. The number of benzene rings is 2. The number of hydroxylamine groups is 2. The van der Waals surface area contributed by atoms with Gasteiger partial charge >= 0.3 is 5.97 Å². The topological polar surface area (TPSA) is 193 Å². The fraction of sp³-hybridized carbons (Fsp3) is 0.592. The van der Waals surface area contributed by atoms with Crippen molar-refractivity contribution < 1.29 is 84.4 Å². The Morgan fingerprint density at radius 2 is 1.10 bits per heavy atom. The summed E-state index contributed by atoms with van der Waals surface area (Å²) >= 11 is 1.56. The molecule has 1 atom stereocenters. The number of ether oxygens (including phenoxy) is 11. The maximum atomic E-state index is 13.6. The lowest BCUT2D eigenvalue weighted by molar-refractivity contribution is -0.230. The van der Waals surface area contributed by atoms with Gasteiger partial charge in [-0.1, -0.05) is 24.3 Å². The van der Waals surface area contributed by atoms with Crippen molar-refractivity contribution in [2.45, 2.75) is 39.1 Å². The molecule has 0 aliphatic carbocycles. The summed E-state index contributed by atoms with van der Waals surface area (Å²) in [4.78, 5) is 25.2. The van der Waals surface area contributed by atoms with E-state index in [1.807, 2.05) is 24.4 Å². The number of thiophene rings is 1. The predicted octanol–water partition coefficient (Wildman–Crippen LogP) is 5.45. The molecule has 0 radical (unpaired) electrons. The van der Waals surface area contributed by atoms with Gasteiger partial charge in [-0.05, 0) is 48.2 Å². The van der Waals surface area contributed by atoms with Crippen molar-refractivity contribution in [2.24, 2.45) is 10.7 Å². The Morgan fingerprint density at radius 1 is 0.667 bits per heavy atom. The van der Waals surface area contributed by atoms with Crippen molar-refractivity contribution in [1.29, 1.82) is 0 Å². The fourth-order valence-corrected chi connectivity index (χ4v) is 7.24. The first-order valence-corrected chi connectivity index (χ1v) is 24.7. The summed E-state index contributed by atoms with van der Waals surface area (Å²) in [6.07, 6.45) is 0.945. The Balaban J connectivity index is 0.833. The van der Waals surface area contributed by atoms with Crippen LogP contribution in [0, 0.1) is 23.3 Å². The van der Waals surface area contributed by atoms with Crippen molar-refractivity contribution in [3.05, 3.63) is 86.6 Å². The summed E-state index contributed by atoms with van der Waals surface area (Å²) in [6.45, 7) is 11.8. The first-order chi connectivity index (χ1) is 35.0. The zero-order valence-corrected chi connectivity index (χ0v) is 42.0. The van der Waals surface area contributed by atoms with E-state index in [1.54, 1.807) is 16.4 Å². The Bertz CT molecular complexity index is 2000. The average Bonchev–Trinajstić information content (AvgIpc) is 3.73. The molecule has 2 aromatic carbocycles. The monoisotopic (exact) mass is 1050 g/mol. The summed E-state index contributed by atoms with van der Waals surface area (Å²) in [5, 5.41) is 14.8. The Morgan fingerprint density at radius 3 is 1.56 bits per heavy atom. The molecule has 0 spiro atoms. The molecular formula is C49H70F4N4O14S. The van der Waals surface area contributed by atoms with Crippen LogP contribution >= 0.6 is 11.3 Å². The Hall–Kier alpha value is -4.02. The van der Waals surface area contributed by atoms with Crippen LogP contribution in [0.4, 0.5) is 23.2 Å². The van der Waals surface area contributed by atoms with Gasteiger partial charge in [-0.25, -0.2) is 13.8 Å². The number of nitrogens with zero attached hydrogens (tertiary/aromatic N) is 3. The highest BCUT2D eigenvalue weighted by Crippen LogP contribution is 2.33. The summed E-state index contributed by atoms with van der Waals surface area (Å²) in [7, 11) is 2.05. The van der Waals surface area contributed by atoms with Crippen molar-refractivity contribution in [3.8, 4) is 5.75 Å². The molecule has 72 heavy (non-hydrogen) atoms. The number of aliphatic imine (C=N–C) groups is 1. The molecule has 1 aliphatic rings. The van der Waals surface area contributed by atoms with Gasteiger partial charge in [0.15, 0.2) is 17.9 Å². The van der Waals surface area contributed by atoms with E-state index in [0.29, 0.717) is 138 Å². The van der Waals surface area contributed by atoms with Gasteiger partial charge in [-0.3, -0.25) is 14.5 Å². The SMILES string of the molecule is CCON(Cc1ccc(CN(C)CCOCCOCCOCCOCCOCCOCCOCCOCCOCCOCCC(=O)Oc2c(F)c(F)cc(F)c2F)cc1)C(O)C1=Cc2sccc2N=C(N)C1. The van der Waals surface area contributed by atoms with Crippen LogP contribution in [0.1, 0.15) is 35.8 Å². The molecule has 404 valence electrons. The van der Waals surface area contributed by atoms with Gasteiger partial charge in [-0.2, -0.15) is 13.8 Å². The highest BCUT2D eigenvalue weighted by molar-refractivity contribution is 7.11. The first kappa shape index (κ1) is 60.5. The molecule has 2 heterocycles. The summed E-state index contributed by atoms with van der Waals surface area (Å²) in [5.41, 5.74) is 9.88. The van der Waals surface area contributed by atoms with E-state index in [-0.39, 0.29) is 25.9 Å². The Labute approximate surface area is 422 Å². The number of fused-ring (bicyclic) bond motifs is 1. The van der Waals surface area contributed by atoms with E-state index >= 15 is 0 Å². The third kappa shape index (κ3) is 24.8. The molecule has 1 aliphatic heterocycles.